The number of methoxy groups -OCH3 is 1. The molecule has 1 aromatic heterocycles. The van der Waals surface area contributed by atoms with E-state index in [1.165, 1.54) is 0 Å². The van der Waals surface area contributed by atoms with Crippen molar-refractivity contribution in [2.75, 3.05) is 13.7 Å². The molecule has 0 radical (unpaired) electrons. The molecule has 0 aliphatic carbocycles. The fraction of sp³-hybridized carbons (Fsp3) is 0.500. The number of hydrogen-bond donors (Lipinski definition) is 0. The van der Waals surface area contributed by atoms with Crippen LogP contribution in [-0.2, 0) is 17.0 Å². The first-order chi connectivity index (χ1) is 14.8. The van der Waals surface area contributed by atoms with Gasteiger partial charge in [-0.2, -0.15) is 13.2 Å². The molecule has 0 atom stereocenters. The summed E-state index contributed by atoms with van der Waals surface area (Å²) >= 11 is 0. The largest absolute Gasteiger partial charge is 0.481 e. The van der Waals surface area contributed by atoms with E-state index < -0.39 is 31.7 Å². The van der Waals surface area contributed by atoms with Gasteiger partial charge in [0.25, 0.3) is 0 Å². The molecule has 32 heavy (non-hydrogen) atoms. The first-order valence-electron chi connectivity index (χ1n) is 10.7. The minimum atomic E-state index is -4.60. The summed E-state index contributed by atoms with van der Waals surface area (Å²) in [4.78, 5) is 16.4. The lowest BCUT2D eigenvalue weighted by Gasteiger charge is -2.36. The summed E-state index contributed by atoms with van der Waals surface area (Å²) in [6.07, 6.45) is -1.80. The summed E-state index contributed by atoms with van der Waals surface area (Å²) < 4.78 is 49.9. The average Bonchev–Trinajstić information content (AvgIpc) is 2.71. The second kappa shape index (κ2) is 10.2. The van der Waals surface area contributed by atoms with Crippen molar-refractivity contribution < 1.29 is 27.1 Å². The molecule has 0 saturated heterocycles. The van der Waals surface area contributed by atoms with Gasteiger partial charge in [-0.25, -0.2) is 4.98 Å². The first-order valence-corrected chi connectivity index (χ1v) is 13.6. The quantitative estimate of drug-likeness (QED) is 0.234. The van der Waals surface area contributed by atoms with Crippen LogP contribution in [-0.4, -0.2) is 32.8 Å². The Morgan fingerprint density at radius 1 is 1.00 bits per heavy atom. The van der Waals surface area contributed by atoms with Crippen molar-refractivity contribution >= 4 is 14.1 Å². The van der Waals surface area contributed by atoms with Crippen molar-refractivity contribution in [3.8, 4) is 5.88 Å². The third-order valence-electron chi connectivity index (χ3n) is 5.94. The van der Waals surface area contributed by atoms with E-state index in [0.29, 0.717) is 5.56 Å². The number of pyridine rings is 1. The third-order valence-corrected chi connectivity index (χ3v) is 10.5. The number of aryl methyl sites for hydroxylation is 1. The van der Waals surface area contributed by atoms with Gasteiger partial charge in [-0.05, 0) is 55.1 Å². The number of ether oxygens (including phenoxy) is 1. The molecule has 2 aromatic rings. The molecule has 0 aliphatic rings. The van der Waals surface area contributed by atoms with Gasteiger partial charge in [0.1, 0.15) is 11.3 Å². The lowest BCUT2D eigenvalue weighted by Crippen LogP contribution is -2.40. The van der Waals surface area contributed by atoms with Crippen LogP contribution in [0.1, 0.15) is 60.8 Å². The van der Waals surface area contributed by atoms with Crippen LogP contribution in [0.4, 0.5) is 13.2 Å². The lowest BCUT2D eigenvalue weighted by atomic mass is 10.0. The van der Waals surface area contributed by atoms with Crippen LogP contribution in [0.15, 0.2) is 36.4 Å². The van der Waals surface area contributed by atoms with Gasteiger partial charge in [0.15, 0.2) is 8.32 Å². The maximum absolute atomic E-state index is 13.0. The Morgan fingerprint density at radius 2 is 1.62 bits per heavy atom. The van der Waals surface area contributed by atoms with Crippen molar-refractivity contribution in [1.29, 1.82) is 0 Å². The molecule has 1 heterocycles. The number of alkyl halides is 3. The van der Waals surface area contributed by atoms with Crippen LogP contribution in [0.25, 0.3) is 0 Å². The molecule has 1 aromatic carbocycles. The zero-order chi connectivity index (χ0) is 24.2. The number of benzene rings is 1. The van der Waals surface area contributed by atoms with Gasteiger partial charge in [-0.15, -0.1) is 0 Å². The molecule has 176 valence electrons. The number of halogens is 3. The monoisotopic (exact) mass is 467 g/mol. The van der Waals surface area contributed by atoms with Crippen LogP contribution >= 0.6 is 0 Å². The summed E-state index contributed by atoms with van der Waals surface area (Å²) in [7, 11) is -0.627. The number of carbonyl (C=O) groups is 1. The molecule has 0 unspecified atom stereocenters. The van der Waals surface area contributed by atoms with Gasteiger partial charge in [0.05, 0.1) is 7.11 Å². The molecule has 0 fully saturated rings. The van der Waals surface area contributed by atoms with E-state index in [0.717, 1.165) is 50.7 Å². The summed E-state index contributed by atoms with van der Waals surface area (Å²) in [5, 5.41) is 0.196. The summed E-state index contributed by atoms with van der Waals surface area (Å²) in [5.74, 6) is -1.06. The highest BCUT2D eigenvalue weighted by Crippen LogP contribution is 2.37. The number of hydrogen-bond acceptors (Lipinski definition) is 4. The normalized spacial score (nSPS) is 12.7. The minimum Gasteiger partial charge on any atom is -0.481 e. The highest BCUT2D eigenvalue weighted by molar-refractivity contribution is 6.74. The Morgan fingerprint density at radius 3 is 2.16 bits per heavy atom. The summed E-state index contributed by atoms with van der Waals surface area (Å²) in [6.45, 7) is 11.9. The third kappa shape index (κ3) is 6.65. The zero-order valence-electron chi connectivity index (χ0n) is 19.6. The average molecular weight is 468 g/mol. The van der Waals surface area contributed by atoms with Crippen molar-refractivity contribution in [3.05, 3.63) is 58.8 Å². The molecule has 8 heteroatoms. The topological polar surface area (TPSA) is 48.4 Å². The predicted octanol–water partition coefficient (Wildman–Crippen LogP) is 6.68. The fourth-order valence-electron chi connectivity index (χ4n) is 2.88. The van der Waals surface area contributed by atoms with Gasteiger partial charge in [0.2, 0.25) is 11.7 Å². The second-order valence-corrected chi connectivity index (χ2v) is 14.2. The van der Waals surface area contributed by atoms with E-state index in [-0.39, 0.29) is 10.7 Å². The van der Waals surface area contributed by atoms with Crippen LogP contribution in [0.2, 0.25) is 18.1 Å². The number of carbonyl (C=O) groups excluding carboxylic acids is 1. The molecule has 4 nitrogen and oxygen atoms in total. The molecular formula is C24H32F3NO3Si. The van der Waals surface area contributed by atoms with Crippen molar-refractivity contribution in [2.24, 2.45) is 0 Å². The standard InChI is InChI=1S/C24H32F3NO3Si/c1-23(2,3)32(5,6)31-16-8-7-9-17-10-12-18(13-11-17)21(29)20-15-14-19(24(25,26)27)22(28-20)30-4/h10-15H,7-9,16H2,1-6H3. The molecule has 0 aliphatic heterocycles. The van der Waals surface area contributed by atoms with Crippen molar-refractivity contribution in [2.45, 2.75) is 64.3 Å². The molecule has 0 saturated carbocycles. The highest BCUT2D eigenvalue weighted by Gasteiger charge is 2.37. The van der Waals surface area contributed by atoms with Crippen LogP contribution in [0.5, 0.6) is 5.88 Å². The van der Waals surface area contributed by atoms with E-state index >= 15 is 0 Å². The number of ketones is 1. The Balaban J connectivity index is 1.94. The number of aromatic nitrogens is 1. The van der Waals surface area contributed by atoms with Crippen molar-refractivity contribution in [3.63, 3.8) is 0 Å². The fourth-order valence-corrected chi connectivity index (χ4v) is 3.97. The van der Waals surface area contributed by atoms with Crippen LogP contribution in [0, 0.1) is 0 Å². The van der Waals surface area contributed by atoms with E-state index in [1.54, 1.807) is 12.1 Å². The predicted molar refractivity (Wildman–Crippen MR) is 122 cm³/mol. The highest BCUT2D eigenvalue weighted by atomic mass is 28.4. The molecule has 0 amide bonds. The number of rotatable bonds is 9. The van der Waals surface area contributed by atoms with Gasteiger partial charge < -0.3 is 9.16 Å². The van der Waals surface area contributed by atoms with E-state index in [1.807, 2.05) is 12.1 Å². The van der Waals surface area contributed by atoms with Crippen LogP contribution in [0.3, 0.4) is 0 Å². The summed E-state index contributed by atoms with van der Waals surface area (Å²) in [5.41, 5.74) is 0.353. The van der Waals surface area contributed by atoms with Crippen LogP contribution < -0.4 is 4.74 Å². The molecule has 0 bridgehead atoms. The van der Waals surface area contributed by atoms with Gasteiger partial charge in [0, 0.05) is 12.2 Å². The van der Waals surface area contributed by atoms with Gasteiger partial charge >= 0.3 is 6.18 Å². The Labute approximate surface area is 189 Å². The number of unbranched alkanes of at least 4 members (excludes halogenated alkanes) is 1. The maximum Gasteiger partial charge on any atom is 0.421 e. The van der Waals surface area contributed by atoms with Gasteiger partial charge in [-0.3, -0.25) is 4.79 Å². The molecule has 0 N–H and O–H groups in total. The smallest absolute Gasteiger partial charge is 0.421 e. The first kappa shape index (κ1) is 26.1. The Bertz CT molecular complexity index is 920. The van der Waals surface area contributed by atoms with E-state index in [2.05, 4.69) is 38.8 Å². The molecular weight excluding hydrogens is 435 g/mol. The zero-order valence-corrected chi connectivity index (χ0v) is 20.6. The lowest BCUT2D eigenvalue weighted by molar-refractivity contribution is -0.139. The van der Waals surface area contributed by atoms with E-state index in [4.69, 9.17) is 9.16 Å². The molecule has 2 rings (SSSR count). The van der Waals surface area contributed by atoms with E-state index in [9.17, 15) is 18.0 Å². The van der Waals surface area contributed by atoms with Gasteiger partial charge in [-0.1, -0.05) is 45.0 Å². The molecule has 0 spiro atoms. The van der Waals surface area contributed by atoms with Crippen molar-refractivity contribution in [1.82, 2.24) is 4.98 Å². The Kier molecular flexibility index (Phi) is 8.28. The number of nitrogens with zero attached hydrogens (tertiary/aromatic N) is 1. The Hall–Kier alpha value is -2.19. The SMILES string of the molecule is COc1nc(C(=O)c2ccc(CCCCO[Si](C)(C)C(C)(C)C)cc2)ccc1C(F)(F)F. The maximum atomic E-state index is 13.0. The second-order valence-electron chi connectivity index (χ2n) is 9.34. The summed E-state index contributed by atoms with van der Waals surface area (Å²) in [6, 6.07) is 8.97. The minimum absolute atomic E-state index is 0.0922.